The number of hydrogen-bond donors (Lipinski definition) is 1. The lowest BCUT2D eigenvalue weighted by atomic mass is 10.1. The van der Waals surface area contributed by atoms with Crippen molar-refractivity contribution in [1.82, 2.24) is 5.32 Å². The van der Waals surface area contributed by atoms with Crippen LogP contribution in [0.25, 0.3) is 5.70 Å². The standard InChI is InChI=1S/C18H19NOS/c1-21-13-12-19-17(15-8-4-2-5-9-15)14-18(20)16-10-6-3-7-11-16/h2-11,14,19H,12-13H2,1H3/b17-14+. The van der Waals surface area contributed by atoms with Crippen molar-refractivity contribution in [3.05, 3.63) is 77.9 Å². The molecule has 2 aromatic rings. The Hall–Kier alpha value is -2.00. The second-order valence-corrected chi connectivity index (χ2v) is 5.56. The van der Waals surface area contributed by atoms with Gasteiger partial charge < -0.3 is 5.32 Å². The van der Waals surface area contributed by atoms with Crippen molar-refractivity contribution in [3.63, 3.8) is 0 Å². The highest BCUT2D eigenvalue weighted by molar-refractivity contribution is 7.98. The maximum Gasteiger partial charge on any atom is 0.187 e. The fourth-order valence-electron chi connectivity index (χ4n) is 1.96. The van der Waals surface area contributed by atoms with Gasteiger partial charge in [0.05, 0.1) is 0 Å². The molecule has 2 nitrogen and oxygen atoms in total. The summed E-state index contributed by atoms with van der Waals surface area (Å²) in [4.78, 5) is 12.3. The van der Waals surface area contributed by atoms with E-state index in [-0.39, 0.29) is 5.78 Å². The number of thioether (sulfide) groups is 1. The first-order valence-electron chi connectivity index (χ1n) is 6.90. The van der Waals surface area contributed by atoms with Crippen molar-refractivity contribution in [1.29, 1.82) is 0 Å². The lowest BCUT2D eigenvalue weighted by Crippen LogP contribution is -2.16. The Morgan fingerprint density at radius 2 is 1.57 bits per heavy atom. The van der Waals surface area contributed by atoms with Gasteiger partial charge in [0.2, 0.25) is 0 Å². The smallest absolute Gasteiger partial charge is 0.187 e. The Morgan fingerprint density at radius 3 is 2.14 bits per heavy atom. The first-order valence-corrected chi connectivity index (χ1v) is 8.30. The third kappa shape index (κ3) is 4.80. The molecule has 0 aromatic heterocycles. The fraction of sp³-hybridized carbons (Fsp3) is 0.167. The molecule has 0 aliphatic rings. The van der Waals surface area contributed by atoms with Crippen LogP contribution < -0.4 is 5.32 Å². The van der Waals surface area contributed by atoms with E-state index in [0.717, 1.165) is 23.6 Å². The Balaban J connectivity index is 2.22. The van der Waals surface area contributed by atoms with Crippen LogP contribution >= 0.6 is 11.8 Å². The monoisotopic (exact) mass is 297 g/mol. The highest BCUT2D eigenvalue weighted by Gasteiger charge is 2.06. The van der Waals surface area contributed by atoms with Crippen molar-refractivity contribution in [2.24, 2.45) is 0 Å². The zero-order valence-corrected chi connectivity index (χ0v) is 12.9. The van der Waals surface area contributed by atoms with Crippen LogP contribution in [0.5, 0.6) is 0 Å². The third-order valence-corrected chi connectivity index (χ3v) is 3.65. The predicted octanol–water partition coefficient (Wildman–Crippen LogP) is 3.86. The molecular formula is C18H19NOS. The second-order valence-electron chi connectivity index (χ2n) is 4.57. The number of benzene rings is 2. The minimum absolute atomic E-state index is 0.0195. The van der Waals surface area contributed by atoms with Gasteiger partial charge in [-0.05, 0) is 11.8 Å². The third-order valence-electron chi connectivity index (χ3n) is 3.04. The fourth-order valence-corrected chi connectivity index (χ4v) is 2.26. The summed E-state index contributed by atoms with van der Waals surface area (Å²) in [6.07, 6.45) is 3.76. The molecule has 0 radical (unpaired) electrons. The largest absolute Gasteiger partial charge is 0.384 e. The van der Waals surface area contributed by atoms with E-state index in [1.807, 2.05) is 60.7 Å². The SMILES string of the molecule is CSCCN/C(=C/C(=O)c1ccccc1)c1ccccc1. The van der Waals surface area contributed by atoms with Crippen molar-refractivity contribution in [2.75, 3.05) is 18.6 Å². The van der Waals surface area contributed by atoms with Gasteiger partial charge in [0.15, 0.2) is 5.78 Å². The van der Waals surface area contributed by atoms with Gasteiger partial charge in [-0.1, -0.05) is 60.7 Å². The normalized spacial score (nSPS) is 11.2. The van der Waals surface area contributed by atoms with E-state index in [4.69, 9.17) is 0 Å². The van der Waals surface area contributed by atoms with Crippen LogP contribution in [0, 0.1) is 0 Å². The molecule has 21 heavy (non-hydrogen) atoms. The molecule has 0 atom stereocenters. The summed E-state index contributed by atoms with van der Waals surface area (Å²) in [5.74, 6) is 1.02. The Kier molecular flexibility index (Phi) is 6.10. The molecule has 108 valence electrons. The topological polar surface area (TPSA) is 29.1 Å². The maximum absolute atomic E-state index is 12.3. The first-order chi connectivity index (χ1) is 10.3. The zero-order valence-electron chi connectivity index (χ0n) is 12.1. The van der Waals surface area contributed by atoms with Crippen molar-refractivity contribution < 1.29 is 4.79 Å². The molecule has 0 unspecified atom stereocenters. The number of allylic oxidation sites excluding steroid dienone is 1. The highest BCUT2D eigenvalue weighted by atomic mass is 32.2. The summed E-state index contributed by atoms with van der Waals surface area (Å²) in [5.41, 5.74) is 2.61. The number of rotatable bonds is 7. The van der Waals surface area contributed by atoms with Gasteiger partial charge in [-0.25, -0.2) is 0 Å². The van der Waals surface area contributed by atoms with E-state index in [0.29, 0.717) is 5.56 Å². The lowest BCUT2D eigenvalue weighted by Gasteiger charge is -2.11. The lowest BCUT2D eigenvalue weighted by molar-refractivity contribution is 0.104. The van der Waals surface area contributed by atoms with Crippen LogP contribution in [0.1, 0.15) is 15.9 Å². The molecule has 0 heterocycles. The number of carbonyl (C=O) groups excluding carboxylic acids is 1. The average molecular weight is 297 g/mol. The molecule has 0 amide bonds. The average Bonchev–Trinajstić information content (AvgIpc) is 2.55. The predicted molar refractivity (Wildman–Crippen MR) is 91.6 cm³/mol. The van der Waals surface area contributed by atoms with Crippen LogP contribution in [0.15, 0.2) is 66.7 Å². The van der Waals surface area contributed by atoms with Crippen molar-refractivity contribution in [2.45, 2.75) is 0 Å². The maximum atomic E-state index is 12.3. The van der Waals surface area contributed by atoms with Gasteiger partial charge >= 0.3 is 0 Å². The molecule has 0 aliphatic heterocycles. The van der Waals surface area contributed by atoms with Gasteiger partial charge in [-0.2, -0.15) is 11.8 Å². The second kappa shape index (κ2) is 8.32. The van der Waals surface area contributed by atoms with Crippen LogP contribution in [0.3, 0.4) is 0 Å². The minimum atomic E-state index is 0.0195. The first kappa shape index (κ1) is 15.4. The number of hydrogen-bond acceptors (Lipinski definition) is 3. The van der Waals surface area contributed by atoms with Gasteiger partial charge in [0.1, 0.15) is 0 Å². The van der Waals surface area contributed by atoms with E-state index >= 15 is 0 Å². The van der Waals surface area contributed by atoms with Gasteiger partial charge in [-0.3, -0.25) is 4.79 Å². The molecule has 0 fully saturated rings. The molecule has 3 heteroatoms. The molecule has 0 saturated heterocycles. The van der Waals surface area contributed by atoms with E-state index < -0.39 is 0 Å². The van der Waals surface area contributed by atoms with E-state index in [2.05, 4.69) is 11.6 Å². The van der Waals surface area contributed by atoms with E-state index in [9.17, 15) is 4.79 Å². The molecular weight excluding hydrogens is 278 g/mol. The van der Waals surface area contributed by atoms with Crippen LogP contribution in [-0.2, 0) is 0 Å². The molecule has 0 bridgehead atoms. The van der Waals surface area contributed by atoms with Crippen LogP contribution in [-0.4, -0.2) is 24.3 Å². The summed E-state index contributed by atoms with van der Waals surface area (Å²) in [6.45, 7) is 0.837. The Bertz CT molecular complexity index is 593. The van der Waals surface area contributed by atoms with Gasteiger partial charge in [0, 0.05) is 29.6 Å². The summed E-state index contributed by atoms with van der Waals surface area (Å²) in [5, 5.41) is 3.36. The quantitative estimate of drug-likeness (QED) is 0.478. The molecule has 0 aliphatic carbocycles. The van der Waals surface area contributed by atoms with Gasteiger partial charge in [0.25, 0.3) is 0 Å². The molecule has 2 rings (SSSR count). The minimum Gasteiger partial charge on any atom is -0.384 e. The van der Waals surface area contributed by atoms with Gasteiger partial charge in [-0.15, -0.1) is 0 Å². The van der Waals surface area contributed by atoms with Crippen LogP contribution in [0.4, 0.5) is 0 Å². The van der Waals surface area contributed by atoms with E-state index in [1.165, 1.54) is 0 Å². The summed E-state index contributed by atoms with van der Waals surface area (Å²) in [7, 11) is 0. The van der Waals surface area contributed by atoms with E-state index in [1.54, 1.807) is 17.8 Å². The molecule has 0 spiro atoms. The van der Waals surface area contributed by atoms with Crippen molar-refractivity contribution in [3.8, 4) is 0 Å². The summed E-state index contributed by atoms with van der Waals surface area (Å²) < 4.78 is 0. The number of nitrogens with one attached hydrogen (secondary N) is 1. The Labute approximate surface area is 130 Å². The molecule has 1 N–H and O–H groups in total. The molecule has 0 saturated carbocycles. The summed E-state index contributed by atoms with van der Waals surface area (Å²) in [6, 6.07) is 19.3. The van der Waals surface area contributed by atoms with Crippen LogP contribution in [0.2, 0.25) is 0 Å². The van der Waals surface area contributed by atoms with Crippen molar-refractivity contribution >= 4 is 23.2 Å². The highest BCUT2D eigenvalue weighted by Crippen LogP contribution is 2.13. The number of ketones is 1. The summed E-state index contributed by atoms with van der Waals surface area (Å²) >= 11 is 1.78. The zero-order chi connectivity index (χ0) is 14.9. The number of carbonyl (C=O) groups is 1. The molecule has 2 aromatic carbocycles. The Morgan fingerprint density at radius 1 is 1.00 bits per heavy atom.